The van der Waals surface area contributed by atoms with Gasteiger partial charge in [-0.1, -0.05) is 25.7 Å². The van der Waals surface area contributed by atoms with Crippen LogP contribution < -0.4 is 9.64 Å². The molecule has 0 bridgehead atoms. The molecule has 2 fully saturated rings. The number of nitrogens with one attached hydrogen (secondary N) is 1. The van der Waals surface area contributed by atoms with E-state index in [2.05, 4.69) is 0 Å². The largest absolute Gasteiger partial charge is 0.497 e. The van der Waals surface area contributed by atoms with Crippen molar-refractivity contribution in [1.29, 1.82) is 0 Å². The summed E-state index contributed by atoms with van der Waals surface area (Å²) in [7, 11) is 1.62. The lowest BCUT2D eigenvalue weighted by atomic mass is 10.0. The molecule has 3 rings (SSSR count). The number of quaternary nitrogens is 1. The zero-order valence-corrected chi connectivity index (χ0v) is 15.8. The SMILES string of the molecule is COc1ccc(C(=O)C[NH+]2CCN(C(=O)CCC3CCCC3)CC2)cc1. The highest BCUT2D eigenvalue weighted by Gasteiger charge is 2.26. The van der Waals surface area contributed by atoms with Gasteiger partial charge in [0.05, 0.1) is 33.3 Å². The third kappa shape index (κ3) is 5.07. The van der Waals surface area contributed by atoms with Crippen LogP contribution in [0.3, 0.4) is 0 Å². The van der Waals surface area contributed by atoms with Crippen molar-refractivity contribution in [2.24, 2.45) is 5.92 Å². The number of rotatable bonds is 7. The van der Waals surface area contributed by atoms with E-state index in [-0.39, 0.29) is 5.78 Å². The van der Waals surface area contributed by atoms with Gasteiger partial charge in [0.15, 0.2) is 0 Å². The van der Waals surface area contributed by atoms with Crippen LogP contribution in [0.15, 0.2) is 24.3 Å². The average Bonchev–Trinajstić information content (AvgIpc) is 3.20. The fourth-order valence-corrected chi connectivity index (χ4v) is 4.14. The van der Waals surface area contributed by atoms with Crippen molar-refractivity contribution in [1.82, 2.24) is 4.90 Å². The molecule has 0 radical (unpaired) electrons. The van der Waals surface area contributed by atoms with E-state index >= 15 is 0 Å². The van der Waals surface area contributed by atoms with Gasteiger partial charge in [-0.3, -0.25) is 9.59 Å². The van der Waals surface area contributed by atoms with Gasteiger partial charge in [-0.05, 0) is 36.6 Å². The van der Waals surface area contributed by atoms with Gasteiger partial charge < -0.3 is 14.5 Å². The van der Waals surface area contributed by atoms with Crippen LogP contribution in [-0.2, 0) is 4.79 Å². The standard InChI is InChI=1S/C21H30N2O3/c1-26-19-9-7-18(8-10-19)20(24)16-22-12-14-23(15-13-22)21(25)11-6-17-4-2-3-5-17/h7-10,17H,2-6,11-16H2,1H3/p+1. The molecule has 0 aromatic heterocycles. The maximum absolute atomic E-state index is 12.4. The molecule has 5 nitrogen and oxygen atoms in total. The molecule has 1 aromatic carbocycles. The Labute approximate surface area is 156 Å². The van der Waals surface area contributed by atoms with E-state index in [0.29, 0.717) is 18.9 Å². The maximum Gasteiger partial charge on any atom is 0.222 e. The average molecular weight is 359 g/mol. The summed E-state index contributed by atoms with van der Waals surface area (Å²) in [5.74, 6) is 1.99. The van der Waals surface area contributed by atoms with Crippen molar-refractivity contribution in [2.75, 3.05) is 39.8 Å². The van der Waals surface area contributed by atoms with E-state index in [9.17, 15) is 9.59 Å². The number of piperazine rings is 1. The first kappa shape index (κ1) is 18.9. The summed E-state index contributed by atoms with van der Waals surface area (Å²) in [6.45, 7) is 3.76. The van der Waals surface area contributed by atoms with E-state index in [4.69, 9.17) is 4.74 Å². The molecule has 1 amide bonds. The lowest BCUT2D eigenvalue weighted by Crippen LogP contribution is -3.15. The molecule has 1 heterocycles. The molecule has 1 aliphatic heterocycles. The molecule has 1 saturated heterocycles. The monoisotopic (exact) mass is 359 g/mol. The zero-order chi connectivity index (χ0) is 18.4. The molecule has 0 atom stereocenters. The minimum Gasteiger partial charge on any atom is -0.497 e. The summed E-state index contributed by atoms with van der Waals surface area (Å²) < 4.78 is 5.13. The van der Waals surface area contributed by atoms with Crippen molar-refractivity contribution in [2.45, 2.75) is 38.5 Å². The third-order valence-corrected chi connectivity index (χ3v) is 5.89. The second-order valence-electron chi connectivity index (χ2n) is 7.65. The van der Waals surface area contributed by atoms with E-state index in [1.807, 2.05) is 29.2 Å². The molecule has 1 aromatic rings. The predicted molar refractivity (Wildman–Crippen MR) is 101 cm³/mol. The quantitative estimate of drug-likeness (QED) is 0.752. The Morgan fingerprint density at radius 2 is 1.77 bits per heavy atom. The van der Waals surface area contributed by atoms with Gasteiger partial charge in [0.2, 0.25) is 11.7 Å². The number of ketones is 1. The van der Waals surface area contributed by atoms with Crippen molar-refractivity contribution in [3.8, 4) is 5.75 Å². The number of methoxy groups -OCH3 is 1. The lowest BCUT2D eigenvalue weighted by molar-refractivity contribution is -0.895. The highest BCUT2D eigenvalue weighted by Crippen LogP contribution is 2.28. The summed E-state index contributed by atoms with van der Waals surface area (Å²) in [6.07, 6.45) is 7.04. The Balaban J connectivity index is 1.39. The second kappa shape index (κ2) is 9.17. The molecule has 1 saturated carbocycles. The van der Waals surface area contributed by atoms with Crippen molar-refractivity contribution in [3.05, 3.63) is 29.8 Å². The van der Waals surface area contributed by atoms with E-state index < -0.39 is 0 Å². The number of Topliss-reactive ketones (excluding diaryl/α,β-unsaturated/α-hetero) is 1. The van der Waals surface area contributed by atoms with Gasteiger partial charge in [-0.15, -0.1) is 0 Å². The molecule has 26 heavy (non-hydrogen) atoms. The van der Waals surface area contributed by atoms with Crippen LogP contribution in [-0.4, -0.2) is 56.4 Å². The van der Waals surface area contributed by atoms with Crippen LogP contribution in [0, 0.1) is 5.92 Å². The minimum absolute atomic E-state index is 0.156. The Hall–Kier alpha value is -1.88. The van der Waals surface area contributed by atoms with E-state index in [1.54, 1.807) is 7.11 Å². The zero-order valence-electron chi connectivity index (χ0n) is 15.8. The Kier molecular flexibility index (Phi) is 6.67. The van der Waals surface area contributed by atoms with Gasteiger partial charge in [-0.25, -0.2) is 0 Å². The summed E-state index contributed by atoms with van der Waals surface area (Å²) in [4.78, 5) is 28.1. The molecule has 0 unspecified atom stereocenters. The Morgan fingerprint density at radius 1 is 1.12 bits per heavy atom. The van der Waals surface area contributed by atoms with Crippen molar-refractivity contribution in [3.63, 3.8) is 0 Å². The molecule has 2 aliphatic rings. The van der Waals surface area contributed by atoms with Crippen LogP contribution in [0.5, 0.6) is 5.75 Å². The first-order valence-electron chi connectivity index (χ1n) is 9.94. The number of ether oxygens (including phenoxy) is 1. The maximum atomic E-state index is 12.4. The number of nitrogens with zero attached hydrogens (tertiary/aromatic N) is 1. The number of hydrogen-bond donors (Lipinski definition) is 1. The molecule has 5 heteroatoms. The highest BCUT2D eigenvalue weighted by molar-refractivity contribution is 5.96. The van der Waals surface area contributed by atoms with E-state index in [1.165, 1.54) is 30.6 Å². The topological polar surface area (TPSA) is 51.1 Å². The van der Waals surface area contributed by atoms with Crippen LogP contribution in [0.2, 0.25) is 0 Å². The van der Waals surface area contributed by atoms with Gasteiger partial charge >= 0.3 is 0 Å². The summed E-state index contributed by atoms with van der Waals surface area (Å²) in [5.41, 5.74) is 0.730. The normalized spacial score (nSPS) is 18.9. The lowest BCUT2D eigenvalue weighted by Gasteiger charge is -2.32. The summed E-state index contributed by atoms with van der Waals surface area (Å²) in [6, 6.07) is 7.29. The number of hydrogen-bond acceptors (Lipinski definition) is 3. The minimum atomic E-state index is 0.156. The van der Waals surface area contributed by atoms with Crippen molar-refractivity contribution >= 4 is 11.7 Å². The molecular weight excluding hydrogens is 328 g/mol. The van der Waals surface area contributed by atoms with Crippen molar-refractivity contribution < 1.29 is 19.2 Å². The van der Waals surface area contributed by atoms with Crippen LogP contribution in [0.25, 0.3) is 0 Å². The smallest absolute Gasteiger partial charge is 0.222 e. The second-order valence-corrected chi connectivity index (χ2v) is 7.65. The van der Waals surface area contributed by atoms with Crippen LogP contribution >= 0.6 is 0 Å². The fraction of sp³-hybridized carbons (Fsp3) is 0.619. The van der Waals surface area contributed by atoms with Crippen LogP contribution in [0.4, 0.5) is 0 Å². The molecule has 142 valence electrons. The third-order valence-electron chi connectivity index (χ3n) is 5.89. The predicted octanol–water partition coefficient (Wildman–Crippen LogP) is 1.58. The molecule has 0 spiro atoms. The number of carbonyl (C=O) groups excluding carboxylic acids is 2. The first-order chi connectivity index (χ1) is 12.7. The number of amides is 1. The molecule has 1 aliphatic carbocycles. The van der Waals surface area contributed by atoms with Gasteiger partial charge in [0.1, 0.15) is 12.3 Å². The summed E-state index contributed by atoms with van der Waals surface area (Å²) >= 11 is 0. The molecular formula is C21H31N2O3+. The number of carbonyl (C=O) groups is 2. The highest BCUT2D eigenvalue weighted by atomic mass is 16.5. The van der Waals surface area contributed by atoms with Gasteiger partial charge in [0, 0.05) is 12.0 Å². The van der Waals surface area contributed by atoms with Gasteiger partial charge in [-0.2, -0.15) is 0 Å². The number of benzene rings is 1. The molecule has 1 N–H and O–H groups in total. The van der Waals surface area contributed by atoms with Crippen LogP contribution in [0.1, 0.15) is 48.9 Å². The van der Waals surface area contributed by atoms with Gasteiger partial charge in [0.25, 0.3) is 0 Å². The Morgan fingerprint density at radius 3 is 2.38 bits per heavy atom. The summed E-state index contributed by atoms with van der Waals surface area (Å²) in [5, 5.41) is 0. The first-order valence-corrected chi connectivity index (χ1v) is 9.94. The van der Waals surface area contributed by atoms with E-state index in [0.717, 1.165) is 49.8 Å². The fourth-order valence-electron chi connectivity index (χ4n) is 4.14. The Bertz CT molecular complexity index is 600.